The van der Waals surface area contributed by atoms with E-state index in [2.05, 4.69) is 9.17 Å². The van der Waals surface area contributed by atoms with Crippen LogP contribution in [-0.2, 0) is 14.6 Å². The van der Waals surface area contributed by atoms with Gasteiger partial charge in [-0.1, -0.05) is 12.1 Å². The summed E-state index contributed by atoms with van der Waals surface area (Å²) >= 11 is 0. The molecule has 0 saturated heterocycles. The van der Waals surface area contributed by atoms with Crippen molar-refractivity contribution in [3.8, 4) is 0 Å². The standard InChI is InChI=1S/C9H6N2O2.CH4O4S/c12-11(13)8-5-7-3-1-2-4-9(7)10-6-8;1-5-6(2,3)4/h1-6H;1H3,(H,2,3,4). The monoisotopic (exact) mass is 286 g/mol. The molecule has 102 valence electrons. The summed E-state index contributed by atoms with van der Waals surface area (Å²) in [7, 11) is -3.60. The van der Waals surface area contributed by atoms with Gasteiger partial charge in [-0.3, -0.25) is 14.3 Å². The van der Waals surface area contributed by atoms with Crippen molar-refractivity contribution in [1.82, 2.24) is 0 Å². The van der Waals surface area contributed by atoms with Crippen molar-refractivity contribution < 1.29 is 27.1 Å². The van der Waals surface area contributed by atoms with Crippen molar-refractivity contribution in [2.45, 2.75) is 0 Å². The number of aromatic nitrogens is 1. The Hall–Kier alpha value is -2.10. The summed E-state index contributed by atoms with van der Waals surface area (Å²) in [6.45, 7) is 0. The van der Waals surface area contributed by atoms with Crippen LogP contribution in [-0.4, -0.2) is 25.0 Å². The Morgan fingerprint density at radius 1 is 1.32 bits per heavy atom. The Balaban J connectivity index is 0.000000258. The maximum absolute atomic E-state index is 10.4. The average Bonchev–Trinajstić information content (AvgIpc) is 2.38. The normalized spacial score (nSPS) is 10.6. The predicted octanol–water partition coefficient (Wildman–Crippen LogP) is 0.655. The molecule has 1 N–H and O–H groups in total. The molecule has 1 aromatic carbocycles. The van der Waals surface area contributed by atoms with Gasteiger partial charge in [-0.25, -0.2) is 13.4 Å². The first kappa shape index (κ1) is 15.0. The number of nitro groups is 1. The number of H-pyrrole nitrogens is 1. The topological polar surface area (TPSA) is 124 Å². The Morgan fingerprint density at radius 2 is 1.89 bits per heavy atom. The molecule has 19 heavy (non-hydrogen) atoms. The molecule has 0 saturated carbocycles. The minimum atomic E-state index is -4.41. The molecule has 0 atom stereocenters. The summed E-state index contributed by atoms with van der Waals surface area (Å²) in [5.41, 5.74) is 0.979. The highest BCUT2D eigenvalue weighted by molar-refractivity contribution is 7.80. The smallest absolute Gasteiger partial charge is 0.332 e. The van der Waals surface area contributed by atoms with E-state index in [1.165, 1.54) is 6.20 Å². The lowest BCUT2D eigenvalue weighted by Gasteiger charge is -1.98. The average molecular weight is 286 g/mol. The Kier molecular flexibility index (Phi) is 4.87. The number of rotatable bonds is 2. The Bertz CT molecular complexity index is 685. The van der Waals surface area contributed by atoms with E-state index < -0.39 is 15.3 Å². The second-order valence-electron chi connectivity index (χ2n) is 3.28. The van der Waals surface area contributed by atoms with Crippen LogP contribution >= 0.6 is 0 Å². The van der Waals surface area contributed by atoms with Gasteiger partial charge < -0.3 is 4.55 Å². The summed E-state index contributed by atoms with van der Waals surface area (Å²) in [5, 5.41) is 11.3. The second kappa shape index (κ2) is 6.18. The van der Waals surface area contributed by atoms with Crippen molar-refractivity contribution in [2.75, 3.05) is 7.11 Å². The molecule has 2 aromatic rings. The third-order valence-electron chi connectivity index (χ3n) is 2.05. The van der Waals surface area contributed by atoms with Gasteiger partial charge >= 0.3 is 5.69 Å². The van der Waals surface area contributed by atoms with E-state index >= 15 is 0 Å². The molecule has 0 spiro atoms. The van der Waals surface area contributed by atoms with Gasteiger partial charge in [0.15, 0.2) is 0 Å². The van der Waals surface area contributed by atoms with E-state index in [1.807, 2.05) is 24.3 Å². The molecule has 0 amide bonds. The number of nitrogens with zero attached hydrogens (tertiary/aromatic N) is 1. The third kappa shape index (κ3) is 4.95. The number of para-hydroxylation sites is 1. The maximum atomic E-state index is 10.4. The molecule has 0 bridgehead atoms. The summed E-state index contributed by atoms with van der Waals surface area (Å²) in [5.74, 6) is 0. The van der Waals surface area contributed by atoms with Crippen LogP contribution in [0.2, 0.25) is 0 Å². The van der Waals surface area contributed by atoms with E-state index in [-0.39, 0.29) is 5.69 Å². The molecular weight excluding hydrogens is 276 g/mol. The number of hydrogen-bond donors (Lipinski definition) is 0. The van der Waals surface area contributed by atoms with E-state index in [9.17, 15) is 23.1 Å². The summed E-state index contributed by atoms with van der Waals surface area (Å²) in [4.78, 5) is 12.9. The van der Waals surface area contributed by atoms with Gasteiger partial charge in [0.1, 0.15) is 0 Å². The van der Waals surface area contributed by atoms with E-state index in [0.29, 0.717) is 0 Å². The first-order valence-electron chi connectivity index (χ1n) is 4.90. The SMILES string of the molecule is COS(=O)(=O)[O-].O=[N+]([O-])c1c[nH+]c2ccccc2c1. The molecule has 0 aliphatic heterocycles. The Labute approximate surface area is 108 Å². The molecule has 0 unspecified atom stereocenters. The van der Waals surface area contributed by atoms with Crippen LogP contribution in [0.4, 0.5) is 5.69 Å². The number of nitrogens with one attached hydrogen (secondary N) is 1. The van der Waals surface area contributed by atoms with Gasteiger partial charge in [-0.2, -0.15) is 0 Å². The predicted molar refractivity (Wildman–Crippen MR) is 63.9 cm³/mol. The fourth-order valence-electron chi connectivity index (χ4n) is 1.21. The van der Waals surface area contributed by atoms with E-state index in [1.54, 1.807) is 6.07 Å². The highest BCUT2D eigenvalue weighted by Crippen LogP contribution is 2.14. The summed E-state index contributed by atoms with van der Waals surface area (Å²) in [6.07, 6.45) is 1.39. The molecule has 1 heterocycles. The van der Waals surface area contributed by atoms with E-state index in [4.69, 9.17) is 0 Å². The summed E-state index contributed by atoms with van der Waals surface area (Å²) < 4.78 is 31.0. The third-order valence-corrected chi connectivity index (χ3v) is 2.46. The number of aromatic amines is 1. The molecule has 8 nitrogen and oxygen atoms in total. The quantitative estimate of drug-likeness (QED) is 0.345. The van der Waals surface area contributed by atoms with Gasteiger partial charge in [0.2, 0.25) is 22.1 Å². The van der Waals surface area contributed by atoms with Crippen LogP contribution in [0.5, 0.6) is 0 Å². The fraction of sp³-hybridized carbons (Fsp3) is 0.100. The van der Waals surface area contributed by atoms with Crippen molar-refractivity contribution >= 4 is 27.0 Å². The number of fused-ring (bicyclic) bond motifs is 1. The van der Waals surface area contributed by atoms with Crippen molar-refractivity contribution in [3.63, 3.8) is 0 Å². The minimum absolute atomic E-state index is 0.0821. The molecule has 0 radical (unpaired) electrons. The molecular formula is C10H10N2O6S. The van der Waals surface area contributed by atoms with Crippen LogP contribution in [0, 0.1) is 10.1 Å². The molecule has 2 rings (SSSR count). The van der Waals surface area contributed by atoms with Gasteiger partial charge in [-0.15, -0.1) is 0 Å². The van der Waals surface area contributed by atoms with E-state index in [0.717, 1.165) is 18.0 Å². The molecule has 0 fully saturated rings. The lowest BCUT2D eigenvalue weighted by molar-refractivity contribution is -0.408. The fourth-order valence-corrected chi connectivity index (χ4v) is 1.21. The lowest BCUT2D eigenvalue weighted by Crippen LogP contribution is -2.04. The van der Waals surface area contributed by atoms with Crippen LogP contribution in [0.3, 0.4) is 0 Å². The molecule has 1 aromatic heterocycles. The summed E-state index contributed by atoms with van der Waals surface area (Å²) in [6, 6.07) is 8.98. The van der Waals surface area contributed by atoms with Crippen molar-refractivity contribution in [3.05, 3.63) is 46.6 Å². The molecule has 0 aliphatic carbocycles. The zero-order chi connectivity index (χ0) is 14.5. The van der Waals surface area contributed by atoms with Crippen LogP contribution < -0.4 is 4.98 Å². The van der Waals surface area contributed by atoms with Gasteiger partial charge in [0, 0.05) is 12.1 Å². The zero-order valence-corrected chi connectivity index (χ0v) is 10.6. The highest BCUT2D eigenvalue weighted by atomic mass is 32.3. The van der Waals surface area contributed by atoms with Gasteiger partial charge in [-0.05, 0) is 6.07 Å². The largest absolute Gasteiger partial charge is 0.726 e. The molecule has 0 aliphatic rings. The van der Waals surface area contributed by atoms with Crippen LogP contribution in [0.15, 0.2) is 36.5 Å². The first-order valence-corrected chi connectivity index (χ1v) is 6.23. The van der Waals surface area contributed by atoms with Crippen LogP contribution in [0.1, 0.15) is 0 Å². The minimum Gasteiger partial charge on any atom is -0.726 e. The van der Waals surface area contributed by atoms with Crippen LogP contribution in [0.25, 0.3) is 10.9 Å². The Morgan fingerprint density at radius 3 is 2.42 bits per heavy atom. The molecule has 9 heteroatoms. The first-order chi connectivity index (χ1) is 8.83. The van der Waals surface area contributed by atoms with Crippen molar-refractivity contribution in [2.24, 2.45) is 0 Å². The number of pyridine rings is 1. The van der Waals surface area contributed by atoms with Gasteiger partial charge in [0.25, 0.3) is 0 Å². The number of benzene rings is 1. The van der Waals surface area contributed by atoms with Gasteiger partial charge in [0.05, 0.1) is 17.4 Å². The maximum Gasteiger partial charge on any atom is 0.332 e. The highest BCUT2D eigenvalue weighted by Gasteiger charge is 2.10. The van der Waals surface area contributed by atoms with Crippen molar-refractivity contribution in [1.29, 1.82) is 0 Å². The second-order valence-corrected chi connectivity index (χ2v) is 4.43. The number of hydrogen-bond acceptors (Lipinski definition) is 6. The zero-order valence-electron chi connectivity index (χ0n) is 9.77. The lowest BCUT2D eigenvalue weighted by atomic mass is 10.2.